The normalized spacial score (nSPS) is 12.3. The minimum absolute atomic E-state index is 0.00704. The van der Waals surface area contributed by atoms with Crippen LogP contribution in [0.15, 0.2) is 48.8 Å². The van der Waals surface area contributed by atoms with Gasteiger partial charge in [0.1, 0.15) is 11.6 Å². The SMILES string of the molecule is O=C(/C=C/c1cncc(O)c1)NCC(O)c1ccc(F)cc1. The number of hydrogen-bond donors (Lipinski definition) is 3. The number of aromatic nitrogens is 1. The Morgan fingerprint density at radius 1 is 1.32 bits per heavy atom. The van der Waals surface area contributed by atoms with Gasteiger partial charge >= 0.3 is 0 Å². The summed E-state index contributed by atoms with van der Waals surface area (Å²) in [5, 5.41) is 21.6. The topological polar surface area (TPSA) is 82.5 Å². The summed E-state index contributed by atoms with van der Waals surface area (Å²) < 4.78 is 12.8. The van der Waals surface area contributed by atoms with Crippen molar-refractivity contribution in [1.82, 2.24) is 10.3 Å². The summed E-state index contributed by atoms with van der Waals surface area (Å²) in [5.74, 6) is -0.776. The number of nitrogens with zero attached hydrogens (tertiary/aromatic N) is 1. The Hall–Kier alpha value is -2.73. The van der Waals surface area contributed by atoms with E-state index in [0.717, 1.165) is 0 Å². The molecule has 22 heavy (non-hydrogen) atoms. The average Bonchev–Trinajstić information content (AvgIpc) is 2.51. The van der Waals surface area contributed by atoms with E-state index in [-0.39, 0.29) is 18.1 Å². The van der Waals surface area contributed by atoms with Crippen molar-refractivity contribution in [2.45, 2.75) is 6.10 Å². The van der Waals surface area contributed by atoms with Crippen LogP contribution in [-0.2, 0) is 4.79 Å². The molecule has 1 amide bonds. The Kier molecular flexibility index (Phi) is 5.21. The number of aliphatic hydroxyl groups excluding tert-OH is 1. The maximum absolute atomic E-state index is 12.8. The molecule has 1 heterocycles. The lowest BCUT2D eigenvalue weighted by Gasteiger charge is -2.11. The molecule has 2 aromatic rings. The lowest BCUT2D eigenvalue weighted by molar-refractivity contribution is -0.116. The number of carbonyl (C=O) groups is 1. The fourth-order valence-corrected chi connectivity index (χ4v) is 1.77. The predicted molar refractivity (Wildman–Crippen MR) is 79.3 cm³/mol. The molecule has 1 aromatic heterocycles. The molecule has 0 fully saturated rings. The second-order valence-corrected chi connectivity index (χ2v) is 4.62. The zero-order valence-corrected chi connectivity index (χ0v) is 11.6. The van der Waals surface area contributed by atoms with Crippen molar-refractivity contribution < 1.29 is 19.4 Å². The third-order valence-electron chi connectivity index (χ3n) is 2.90. The van der Waals surface area contributed by atoms with Gasteiger partial charge in [0.05, 0.1) is 12.3 Å². The van der Waals surface area contributed by atoms with Gasteiger partial charge in [-0.3, -0.25) is 9.78 Å². The van der Waals surface area contributed by atoms with Gasteiger partial charge in [0, 0.05) is 18.8 Å². The van der Waals surface area contributed by atoms with Crippen LogP contribution in [0.3, 0.4) is 0 Å². The first-order valence-electron chi connectivity index (χ1n) is 6.58. The highest BCUT2D eigenvalue weighted by molar-refractivity contribution is 5.91. The first kappa shape index (κ1) is 15.7. The largest absolute Gasteiger partial charge is 0.506 e. The van der Waals surface area contributed by atoms with Crippen LogP contribution in [0.5, 0.6) is 5.75 Å². The molecule has 0 saturated heterocycles. The maximum Gasteiger partial charge on any atom is 0.244 e. The van der Waals surface area contributed by atoms with E-state index in [2.05, 4.69) is 10.3 Å². The van der Waals surface area contributed by atoms with Crippen molar-refractivity contribution >= 4 is 12.0 Å². The molecule has 0 aliphatic heterocycles. The van der Waals surface area contributed by atoms with Crippen molar-refractivity contribution in [2.24, 2.45) is 0 Å². The second kappa shape index (κ2) is 7.33. The third kappa shape index (κ3) is 4.68. The Labute approximate surface area is 126 Å². The summed E-state index contributed by atoms with van der Waals surface area (Å²) in [7, 11) is 0. The number of carbonyl (C=O) groups excluding carboxylic acids is 1. The molecule has 0 radical (unpaired) electrons. The molecule has 114 valence electrons. The zero-order valence-electron chi connectivity index (χ0n) is 11.6. The fraction of sp³-hybridized carbons (Fsp3) is 0.125. The highest BCUT2D eigenvalue weighted by Gasteiger charge is 2.08. The highest BCUT2D eigenvalue weighted by atomic mass is 19.1. The lowest BCUT2D eigenvalue weighted by atomic mass is 10.1. The van der Waals surface area contributed by atoms with E-state index < -0.39 is 12.0 Å². The molecule has 0 saturated carbocycles. The minimum atomic E-state index is -0.916. The van der Waals surface area contributed by atoms with Crippen LogP contribution in [-0.4, -0.2) is 27.6 Å². The monoisotopic (exact) mass is 302 g/mol. The van der Waals surface area contributed by atoms with Gasteiger partial charge < -0.3 is 15.5 Å². The summed E-state index contributed by atoms with van der Waals surface area (Å²) in [5.41, 5.74) is 1.09. The van der Waals surface area contributed by atoms with Crippen LogP contribution in [0.2, 0.25) is 0 Å². The first-order valence-corrected chi connectivity index (χ1v) is 6.58. The van der Waals surface area contributed by atoms with Crippen LogP contribution in [0.4, 0.5) is 4.39 Å². The van der Waals surface area contributed by atoms with Gasteiger partial charge in [-0.25, -0.2) is 4.39 Å². The molecular weight excluding hydrogens is 287 g/mol. The number of amides is 1. The summed E-state index contributed by atoms with van der Waals surface area (Å²) in [6.45, 7) is 0.00704. The summed E-state index contributed by atoms with van der Waals surface area (Å²) in [6.07, 6.45) is 4.63. The molecule has 0 bridgehead atoms. The Morgan fingerprint density at radius 2 is 2.05 bits per heavy atom. The quantitative estimate of drug-likeness (QED) is 0.735. The summed E-state index contributed by atoms with van der Waals surface area (Å²) in [6, 6.07) is 6.87. The summed E-state index contributed by atoms with van der Waals surface area (Å²) >= 11 is 0. The number of nitrogens with one attached hydrogen (secondary N) is 1. The van der Waals surface area contributed by atoms with Crippen LogP contribution in [0.25, 0.3) is 6.08 Å². The van der Waals surface area contributed by atoms with Crippen molar-refractivity contribution in [3.05, 3.63) is 65.7 Å². The number of aliphatic hydroxyl groups is 1. The first-order chi connectivity index (χ1) is 10.5. The number of pyridine rings is 1. The predicted octanol–water partition coefficient (Wildman–Crippen LogP) is 1.79. The number of aromatic hydroxyl groups is 1. The van der Waals surface area contributed by atoms with Gasteiger partial charge in [-0.05, 0) is 35.4 Å². The van der Waals surface area contributed by atoms with Gasteiger partial charge in [-0.15, -0.1) is 0 Å². The van der Waals surface area contributed by atoms with Crippen molar-refractivity contribution in [2.75, 3.05) is 6.54 Å². The molecule has 6 heteroatoms. The van der Waals surface area contributed by atoms with Crippen LogP contribution in [0, 0.1) is 5.82 Å². The summed E-state index contributed by atoms with van der Waals surface area (Å²) in [4.78, 5) is 15.4. The van der Waals surface area contributed by atoms with Gasteiger partial charge in [0.2, 0.25) is 5.91 Å². The molecule has 1 atom stereocenters. The molecule has 0 aliphatic rings. The number of hydrogen-bond acceptors (Lipinski definition) is 4. The molecule has 5 nitrogen and oxygen atoms in total. The van der Waals surface area contributed by atoms with E-state index in [1.165, 1.54) is 54.9 Å². The molecule has 0 aliphatic carbocycles. The number of halogens is 1. The molecule has 3 N–H and O–H groups in total. The van der Waals surface area contributed by atoms with E-state index >= 15 is 0 Å². The lowest BCUT2D eigenvalue weighted by Crippen LogP contribution is -2.26. The van der Waals surface area contributed by atoms with E-state index in [9.17, 15) is 19.4 Å². The smallest absolute Gasteiger partial charge is 0.244 e. The average molecular weight is 302 g/mol. The van der Waals surface area contributed by atoms with Gasteiger partial charge in [-0.2, -0.15) is 0 Å². The molecule has 0 spiro atoms. The standard InChI is InChI=1S/C16H15FN2O3/c17-13-4-2-12(3-5-13)15(21)10-19-16(22)6-1-11-7-14(20)9-18-8-11/h1-9,15,20-21H,10H2,(H,19,22)/b6-1+. The molecule has 2 rings (SSSR count). The van der Waals surface area contributed by atoms with Crippen molar-refractivity contribution in [3.63, 3.8) is 0 Å². The van der Waals surface area contributed by atoms with E-state index in [0.29, 0.717) is 11.1 Å². The van der Waals surface area contributed by atoms with Gasteiger partial charge in [0.15, 0.2) is 0 Å². The van der Waals surface area contributed by atoms with Crippen molar-refractivity contribution in [1.29, 1.82) is 0 Å². The molecule has 1 unspecified atom stereocenters. The van der Waals surface area contributed by atoms with Crippen LogP contribution >= 0.6 is 0 Å². The molecular formula is C16H15FN2O3. The number of rotatable bonds is 5. The number of benzene rings is 1. The Bertz CT molecular complexity index is 671. The Balaban J connectivity index is 1.86. The van der Waals surface area contributed by atoms with Crippen LogP contribution < -0.4 is 5.32 Å². The van der Waals surface area contributed by atoms with Gasteiger partial charge in [0.25, 0.3) is 0 Å². The van der Waals surface area contributed by atoms with Gasteiger partial charge in [-0.1, -0.05) is 12.1 Å². The second-order valence-electron chi connectivity index (χ2n) is 4.62. The van der Waals surface area contributed by atoms with E-state index in [1.54, 1.807) is 0 Å². The van der Waals surface area contributed by atoms with Crippen LogP contribution in [0.1, 0.15) is 17.2 Å². The third-order valence-corrected chi connectivity index (χ3v) is 2.90. The highest BCUT2D eigenvalue weighted by Crippen LogP contribution is 2.12. The van der Waals surface area contributed by atoms with E-state index in [4.69, 9.17) is 0 Å². The zero-order chi connectivity index (χ0) is 15.9. The fourth-order valence-electron chi connectivity index (χ4n) is 1.77. The van der Waals surface area contributed by atoms with E-state index in [1.807, 2.05) is 0 Å². The minimum Gasteiger partial charge on any atom is -0.506 e. The van der Waals surface area contributed by atoms with Crippen molar-refractivity contribution in [3.8, 4) is 5.75 Å². The maximum atomic E-state index is 12.8. The Morgan fingerprint density at radius 3 is 2.73 bits per heavy atom. The molecule has 1 aromatic carbocycles.